The topological polar surface area (TPSA) is 45.6 Å². The number of fused-ring (bicyclic) bond motifs is 1. The average Bonchev–Trinajstić information content (AvgIpc) is 2.51. The molecular weight excluding hydrogens is 269 g/mol. The molecule has 0 aliphatic carbocycles. The van der Waals surface area contributed by atoms with E-state index >= 15 is 0 Å². The zero-order chi connectivity index (χ0) is 14.5. The SMILES string of the molecule is Fc1cccc(OCCNC2=Nc3ccccc3CN2)c1. The van der Waals surface area contributed by atoms with Gasteiger partial charge < -0.3 is 15.4 Å². The fraction of sp³-hybridized carbons (Fsp3) is 0.188. The Balaban J connectivity index is 1.49. The molecule has 0 unspecified atom stereocenters. The molecule has 1 aliphatic heterocycles. The lowest BCUT2D eigenvalue weighted by atomic mass is 10.1. The van der Waals surface area contributed by atoms with Gasteiger partial charge in [-0.15, -0.1) is 0 Å². The van der Waals surface area contributed by atoms with Gasteiger partial charge in [0.15, 0.2) is 5.96 Å². The third-order valence-electron chi connectivity index (χ3n) is 3.13. The van der Waals surface area contributed by atoms with Gasteiger partial charge in [0.1, 0.15) is 18.2 Å². The Morgan fingerprint density at radius 1 is 1.19 bits per heavy atom. The van der Waals surface area contributed by atoms with Crippen LogP contribution in [0.1, 0.15) is 5.56 Å². The van der Waals surface area contributed by atoms with E-state index in [-0.39, 0.29) is 5.82 Å². The lowest BCUT2D eigenvalue weighted by molar-refractivity contribution is 0.320. The number of hydrogen-bond acceptors (Lipinski definition) is 4. The van der Waals surface area contributed by atoms with Crippen LogP contribution in [0.5, 0.6) is 5.75 Å². The molecule has 0 amide bonds. The minimum atomic E-state index is -0.296. The van der Waals surface area contributed by atoms with Crippen LogP contribution in [0.25, 0.3) is 0 Å². The van der Waals surface area contributed by atoms with E-state index in [1.54, 1.807) is 12.1 Å². The van der Waals surface area contributed by atoms with Crippen molar-refractivity contribution in [3.8, 4) is 5.75 Å². The molecule has 0 fully saturated rings. The number of rotatable bonds is 4. The molecule has 0 atom stereocenters. The normalized spacial score (nSPS) is 12.9. The molecule has 0 saturated carbocycles. The van der Waals surface area contributed by atoms with Gasteiger partial charge in [0.2, 0.25) is 0 Å². The third kappa shape index (κ3) is 3.51. The number of nitrogens with one attached hydrogen (secondary N) is 2. The van der Waals surface area contributed by atoms with Gasteiger partial charge in [-0.3, -0.25) is 0 Å². The summed E-state index contributed by atoms with van der Waals surface area (Å²) in [6.07, 6.45) is 0. The van der Waals surface area contributed by atoms with Gasteiger partial charge in [-0.1, -0.05) is 24.3 Å². The number of ether oxygens (including phenoxy) is 1. The largest absolute Gasteiger partial charge is 0.492 e. The maximum absolute atomic E-state index is 13.0. The predicted octanol–water partition coefficient (Wildman–Crippen LogP) is 2.59. The average molecular weight is 285 g/mol. The molecule has 5 heteroatoms. The highest BCUT2D eigenvalue weighted by atomic mass is 19.1. The summed E-state index contributed by atoms with van der Waals surface area (Å²) in [7, 11) is 0. The fourth-order valence-corrected chi connectivity index (χ4v) is 2.11. The maximum Gasteiger partial charge on any atom is 0.196 e. The second kappa shape index (κ2) is 6.26. The number of benzene rings is 2. The summed E-state index contributed by atoms with van der Waals surface area (Å²) in [5, 5.41) is 6.37. The van der Waals surface area contributed by atoms with Crippen LogP contribution in [-0.4, -0.2) is 19.1 Å². The standard InChI is InChI=1S/C16H16FN3O/c17-13-5-3-6-14(10-13)21-9-8-18-16-19-11-12-4-1-2-7-15(12)20-16/h1-7,10H,8-9,11H2,(H2,18,19,20). The van der Waals surface area contributed by atoms with E-state index in [1.807, 2.05) is 18.2 Å². The van der Waals surface area contributed by atoms with Crippen molar-refractivity contribution >= 4 is 11.6 Å². The molecule has 21 heavy (non-hydrogen) atoms. The first-order valence-corrected chi connectivity index (χ1v) is 6.84. The minimum Gasteiger partial charge on any atom is -0.492 e. The van der Waals surface area contributed by atoms with Crippen molar-refractivity contribution in [1.82, 2.24) is 10.6 Å². The van der Waals surface area contributed by atoms with Crippen LogP contribution >= 0.6 is 0 Å². The first-order valence-electron chi connectivity index (χ1n) is 6.84. The lowest BCUT2D eigenvalue weighted by Crippen LogP contribution is -2.40. The number of hydrogen-bond donors (Lipinski definition) is 2. The number of guanidine groups is 1. The Hall–Kier alpha value is -2.56. The molecule has 108 valence electrons. The molecule has 0 aromatic heterocycles. The number of halogens is 1. The summed E-state index contributed by atoms with van der Waals surface area (Å²) in [6, 6.07) is 14.1. The van der Waals surface area contributed by atoms with E-state index in [1.165, 1.54) is 17.7 Å². The summed E-state index contributed by atoms with van der Waals surface area (Å²) >= 11 is 0. The Labute approximate surface area is 122 Å². The Morgan fingerprint density at radius 2 is 2.10 bits per heavy atom. The van der Waals surface area contributed by atoms with E-state index in [4.69, 9.17) is 4.74 Å². The number of para-hydroxylation sites is 1. The second-order valence-electron chi connectivity index (χ2n) is 4.68. The molecule has 0 spiro atoms. The van der Waals surface area contributed by atoms with Crippen molar-refractivity contribution in [2.75, 3.05) is 13.2 Å². The predicted molar refractivity (Wildman–Crippen MR) is 80.3 cm³/mol. The first-order chi connectivity index (χ1) is 10.3. The zero-order valence-electron chi connectivity index (χ0n) is 11.5. The van der Waals surface area contributed by atoms with Crippen molar-refractivity contribution in [3.05, 3.63) is 59.9 Å². The van der Waals surface area contributed by atoms with Crippen molar-refractivity contribution in [2.24, 2.45) is 4.99 Å². The highest BCUT2D eigenvalue weighted by Crippen LogP contribution is 2.20. The van der Waals surface area contributed by atoms with Crippen molar-refractivity contribution in [1.29, 1.82) is 0 Å². The highest BCUT2D eigenvalue weighted by Gasteiger charge is 2.09. The molecule has 0 bridgehead atoms. The van der Waals surface area contributed by atoms with E-state index in [0.717, 1.165) is 18.2 Å². The zero-order valence-corrected chi connectivity index (χ0v) is 11.5. The van der Waals surface area contributed by atoms with Crippen LogP contribution < -0.4 is 15.4 Å². The quantitative estimate of drug-likeness (QED) is 0.849. The maximum atomic E-state index is 13.0. The Kier molecular flexibility index (Phi) is 4.00. The lowest BCUT2D eigenvalue weighted by Gasteiger charge is -2.18. The molecule has 4 nitrogen and oxygen atoms in total. The summed E-state index contributed by atoms with van der Waals surface area (Å²) < 4.78 is 18.4. The Bertz CT molecular complexity index is 657. The fourth-order valence-electron chi connectivity index (χ4n) is 2.11. The molecule has 1 heterocycles. The molecule has 1 aliphatic rings. The summed E-state index contributed by atoms with van der Waals surface area (Å²) in [4.78, 5) is 4.48. The molecule has 2 aromatic carbocycles. The number of aliphatic imine (C=N–C) groups is 1. The van der Waals surface area contributed by atoms with E-state index in [0.29, 0.717) is 18.9 Å². The summed E-state index contributed by atoms with van der Waals surface area (Å²) in [5.74, 6) is 0.965. The molecular formula is C16H16FN3O. The van der Waals surface area contributed by atoms with Crippen molar-refractivity contribution in [3.63, 3.8) is 0 Å². The van der Waals surface area contributed by atoms with Gasteiger partial charge in [0, 0.05) is 12.6 Å². The Morgan fingerprint density at radius 3 is 3.00 bits per heavy atom. The second-order valence-corrected chi connectivity index (χ2v) is 4.68. The smallest absolute Gasteiger partial charge is 0.196 e. The van der Waals surface area contributed by atoms with Gasteiger partial charge in [-0.25, -0.2) is 9.38 Å². The van der Waals surface area contributed by atoms with E-state index in [9.17, 15) is 4.39 Å². The molecule has 3 rings (SSSR count). The van der Waals surface area contributed by atoms with Crippen LogP contribution in [0.2, 0.25) is 0 Å². The van der Waals surface area contributed by atoms with Gasteiger partial charge in [0.05, 0.1) is 12.2 Å². The molecule has 2 N–H and O–H groups in total. The minimum absolute atomic E-state index is 0.296. The first kappa shape index (κ1) is 13.4. The van der Waals surface area contributed by atoms with Gasteiger partial charge in [-0.2, -0.15) is 0 Å². The van der Waals surface area contributed by atoms with Crippen LogP contribution in [0.15, 0.2) is 53.5 Å². The van der Waals surface area contributed by atoms with Gasteiger partial charge >= 0.3 is 0 Å². The van der Waals surface area contributed by atoms with E-state index in [2.05, 4.69) is 21.7 Å². The van der Waals surface area contributed by atoms with Gasteiger partial charge in [-0.05, 0) is 23.8 Å². The molecule has 0 saturated heterocycles. The van der Waals surface area contributed by atoms with Gasteiger partial charge in [0.25, 0.3) is 0 Å². The monoisotopic (exact) mass is 285 g/mol. The van der Waals surface area contributed by atoms with Crippen molar-refractivity contribution in [2.45, 2.75) is 6.54 Å². The van der Waals surface area contributed by atoms with E-state index < -0.39 is 0 Å². The summed E-state index contributed by atoms with van der Waals surface area (Å²) in [5.41, 5.74) is 2.16. The van der Waals surface area contributed by atoms with Crippen LogP contribution in [-0.2, 0) is 6.54 Å². The van der Waals surface area contributed by atoms with Crippen LogP contribution in [0.3, 0.4) is 0 Å². The molecule has 0 radical (unpaired) electrons. The molecule has 2 aromatic rings. The van der Waals surface area contributed by atoms with Crippen LogP contribution in [0, 0.1) is 5.82 Å². The number of nitrogens with zero attached hydrogens (tertiary/aromatic N) is 1. The van der Waals surface area contributed by atoms with Crippen LogP contribution in [0.4, 0.5) is 10.1 Å². The van der Waals surface area contributed by atoms with Crippen molar-refractivity contribution < 1.29 is 9.13 Å². The summed E-state index contributed by atoms with van der Waals surface area (Å²) in [6.45, 7) is 1.78. The third-order valence-corrected chi connectivity index (χ3v) is 3.13. The highest BCUT2D eigenvalue weighted by molar-refractivity contribution is 5.84.